The van der Waals surface area contributed by atoms with Crippen molar-refractivity contribution in [3.63, 3.8) is 0 Å². The maximum absolute atomic E-state index is 10.6. The van der Waals surface area contributed by atoms with Crippen LogP contribution in [-0.2, 0) is 11.3 Å². The molecule has 0 spiro atoms. The van der Waals surface area contributed by atoms with Gasteiger partial charge >= 0.3 is 0 Å². The molecule has 1 saturated heterocycles. The van der Waals surface area contributed by atoms with E-state index in [1.165, 1.54) is 5.56 Å². The molecule has 1 aromatic carbocycles. The molecule has 2 rings (SSSR count). The van der Waals surface area contributed by atoms with Gasteiger partial charge < -0.3 is 16.2 Å². The minimum Gasteiger partial charge on any atom is -0.484 e. The fourth-order valence-electron chi connectivity index (χ4n) is 2.42. The first kappa shape index (κ1) is 14.8. The van der Waals surface area contributed by atoms with Crippen molar-refractivity contribution in [2.24, 2.45) is 17.4 Å². The van der Waals surface area contributed by atoms with Crippen molar-refractivity contribution >= 4 is 5.91 Å². The summed E-state index contributed by atoms with van der Waals surface area (Å²) >= 11 is 0. The number of nitrogens with zero attached hydrogens (tertiary/aromatic N) is 1. The summed E-state index contributed by atoms with van der Waals surface area (Å²) in [7, 11) is 0. The van der Waals surface area contributed by atoms with Gasteiger partial charge in [-0.25, -0.2) is 0 Å². The number of carbonyl (C=O) groups is 1. The van der Waals surface area contributed by atoms with Crippen molar-refractivity contribution in [1.29, 1.82) is 0 Å². The highest BCUT2D eigenvalue weighted by Gasteiger charge is 2.22. The zero-order valence-corrected chi connectivity index (χ0v) is 11.9. The molecular formula is C15H23N3O2. The van der Waals surface area contributed by atoms with E-state index >= 15 is 0 Å². The summed E-state index contributed by atoms with van der Waals surface area (Å²) < 4.78 is 5.24. The summed E-state index contributed by atoms with van der Waals surface area (Å²) in [5.41, 5.74) is 12.4. The number of likely N-dealkylation sites (tertiary alicyclic amines) is 1. The van der Waals surface area contributed by atoms with Crippen molar-refractivity contribution in [3.05, 3.63) is 29.8 Å². The largest absolute Gasteiger partial charge is 0.484 e. The number of primary amides is 1. The van der Waals surface area contributed by atoms with Gasteiger partial charge in [-0.1, -0.05) is 19.1 Å². The third-order valence-electron chi connectivity index (χ3n) is 3.81. The van der Waals surface area contributed by atoms with Crippen LogP contribution in [0.15, 0.2) is 24.3 Å². The zero-order valence-electron chi connectivity index (χ0n) is 11.9. The predicted octanol–water partition coefficient (Wildman–Crippen LogP) is 0.720. The molecule has 0 bridgehead atoms. The molecule has 5 nitrogen and oxygen atoms in total. The Kier molecular flexibility index (Phi) is 4.98. The van der Waals surface area contributed by atoms with Crippen molar-refractivity contribution in [2.75, 3.05) is 19.7 Å². The minimum atomic E-state index is -0.467. The molecule has 1 heterocycles. The Hall–Kier alpha value is -1.59. The lowest BCUT2D eigenvalue weighted by molar-refractivity contribution is -0.119. The van der Waals surface area contributed by atoms with Gasteiger partial charge in [0.2, 0.25) is 0 Å². The third-order valence-corrected chi connectivity index (χ3v) is 3.81. The molecule has 0 radical (unpaired) electrons. The molecule has 2 unspecified atom stereocenters. The van der Waals surface area contributed by atoms with Gasteiger partial charge in [0.15, 0.2) is 6.61 Å². The van der Waals surface area contributed by atoms with Crippen LogP contribution in [-0.4, -0.2) is 36.5 Å². The lowest BCUT2D eigenvalue weighted by Crippen LogP contribution is -2.47. The van der Waals surface area contributed by atoms with Gasteiger partial charge in [0.1, 0.15) is 5.75 Å². The lowest BCUT2D eigenvalue weighted by Gasteiger charge is -2.35. The molecule has 2 atom stereocenters. The molecule has 1 amide bonds. The maximum atomic E-state index is 10.6. The second kappa shape index (κ2) is 6.72. The van der Waals surface area contributed by atoms with Crippen LogP contribution in [0.3, 0.4) is 0 Å². The number of ether oxygens (including phenoxy) is 1. The second-order valence-corrected chi connectivity index (χ2v) is 5.56. The Morgan fingerprint density at radius 2 is 2.10 bits per heavy atom. The Bertz CT molecular complexity index is 447. The monoisotopic (exact) mass is 277 g/mol. The van der Waals surface area contributed by atoms with Crippen LogP contribution in [0.5, 0.6) is 5.75 Å². The molecule has 0 aromatic heterocycles. The average molecular weight is 277 g/mol. The highest BCUT2D eigenvalue weighted by molar-refractivity contribution is 5.75. The minimum absolute atomic E-state index is 0.0851. The molecule has 20 heavy (non-hydrogen) atoms. The van der Waals surface area contributed by atoms with E-state index in [-0.39, 0.29) is 12.6 Å². The van der Waals surface area contributed by atoms with Gasteiger partial charge in [-0.05, 0) is 36.6 Å². The lowest BCUT2D eigenvalue weighted by atomic mass is 9.94. The fourth-order valence-corrected chi connectivity index (χ4v) is 2.42. The number of rotatable bonds is 5. The predicted molar refractivity (Wildman–Crippen MR) is 78.2 cm³/mol. The molecular weight excluding hydrogens is 254 g/mol. The Morgan fingerprint density at radius 3 is 2.70 bits per heavy atom. The number of amides is 1. The molecule has 0 saturated carbocycles. The summed E-state index contributed by atoms with van der Waals surface area (Å²) in [6, 6.07) is 8.02. The average Bonchev–Trinajstić information content (AvgIpc) is 2.42. The summed E-state index contributed by atoms with van der Waals surface area (Å²) in [4.78, 5) is 13.0. The number of benzene rings is 1. The van der Waals surface area contributed by atoms with E-state index in [9.17, 15) is 4.79 Å². The van der Waals surface area contributed by atoms with E-state index in [0.29, 0.717) is 11.7 Å². The van der Waals surface area contributed by atoms with Gasteiger partial charge in [0.25, 0.3) is 5.91 Å². The van der Waals surface area contributed by atoms with Gasteiger partial charge in [-0.2, -0.15) is 0 Å². The summed E-state index contributed by atoms with van der Waals surface area (Å²) in [5, 5.41) is 0. The summed E-state index contributed by atoms with van der Waals surface area (Å²) in [6.45, 7) is 5.07. The topological polar surface area (TPSA) is 81.6 Å². The zero-order chi connectivity index (χ0) is 14.5. The smallest absolute Gasteiger partial charge is 0.255 e. The van der Waals surface area contributed by atoms with Gasteiger partial charge in [0, 0.05) is 19.1 Å². The fraction of sp³-hybridized carbons (Fsp3) is 0.533. The molecule has 1 aromatic rings. The quantitative estimate of drug-likeness (QED) is 0.831. The maximum Gasteiger partial charge on any atom is 0.255 e. The molecule has 110 valence electrons. The number of hydrogen-bond acceptors (Lipinski definition) is 4. The van der Waals surface area contributed by atoms with Crippen molar-refractivity contribution in [2.45, 2.75) is 25.9 Å². The van der Waals surface area contributed by atoms with Crippen LogP contribution >= 0.6 is 0 Å². The normalized spacial score (nSPS) is 23.5. The Labute approximate surface area is 119 Å². The van der Waals surface area contributed by atoms with Crippen LogP contribution in [0.1, 0.15) is 18.9 Å². The van der Waals surface area contributed by atoms with Crippen LogP contribution < -0.4 is 16.2 Å². The van der Waals surface area contributed by atoms with E-state index in [2.05, 4.69) is 11.8 Å². The van der Waals surface area contributed by atoms with E-state index < -0.39 is 5.91 Å². The van der Waals surface area contributed by atoms with Crippen molar-refractivity contribution < 1.29 is 9.53 Å². The van der Waals surface area contributed by atoms with Crippen LogP contribution in [0, 0.1) is 5.92 Å². The summed E-state index contributed by atoms with van der Waals surface area (Å²) in [5.74, 6) is 0.804. The molecule has 5 heteroatoms. The van der Waals surface area contributed by atoms with Crippen molar-refractivity contribution in [1.82, 2.24) is 4.90 Å². The summed E-state index contributed by atoms with van der Waals surface area (Å²) in [6.07, 6.45) is 1.15. The first-order chi connectivity index (χ1) is 9.54. The molecule has 1 aliphatic rings. The number of nitrogens with two attached hydrogens (primary N) is 2. The first-order valence-corrected chi connectivity index (χ1v) is 7.02. The van der Waals surface area contributed by atoms with Gasteiger partial charge in [0.05, 0.1) is 0 Å². The highest BCUT2D eigenvalue weighted by Crippen LogP contribution is 2.19. The first-order valence-electron chi connectivity index (χ1n) is 7.02. The molecule has 1 aliphatic heterocycles. The molecule has 4 N–H and O–H groups in total. The van der Waals surface area contributed by atoms with Gasteiger partial charge in [-0.15, -0.1) is 0 Å². The second-order valence-electron chi connectivity index (χ2n) is 5.56. The van der Waals surface area contributed by atoms with E-state index in [0.717, 1.165) is 26.1 Å². The third kappa shape index (κ3) is 4.21. The van der Waals surface area contributed by atoms with Gasteiger partial charge in [-0.3, -0.25) is 9.69 Å². The van der Waals surface area contributed by atoms with Crippen LogP contribution in [0.25, 0.3) is 0 Å². The Balaban J connectivity index is 1.86. The molecule has 0 aliphatic carbocycles. The SMILES string of the molecule is CC1CCN(Cc2ccc(OCC(N)=O)cc2)CC1N. The van der Waals surface area contributed by atoms with E-state index in [1.807, 2.05) is 24.3 Å². The van der Waals surface area contributed by atoms with Crippen LogP contribution in [0.4, 0.5) is 0 Å². The van der Waals surface area contributed by atoms with E-state index in [1.54, 1.807) is 0 Å². The number of piperidine rings is 1. The number of hydrogen-bond donors (Lipinski definition) is 2. The van der Waals surface area contributed by atoms with Crippen molar-refractivity contribution in [3.8, 4) is 5.75 Å². The van der Waals surface area contributed by atoms with Crippen LogP contribution in [0.2, 0.25) is 0 Å². The molecule has 1 fully saturated rings. The standard InChI is InChI=1S/C15H23N3O2/c1-11-6-7-18(9-14(11)16)8-12-2-4-13(5-3-12)20-10-15(17)19/h2-5,11,14H,6-10,16H2,1H3,(H2,17,19). The Morgan fingerprint density at radius 1 is 1.40 bits per heavy atom. The number of carbonyl (C=O) groups excluding carboxylic acids is 1. The van der Waals surface area contributed by atoms with E-state index in [4.69, 9.17) is 16.2 Å². The highest BCUT2D eigenvalue weighted by atomic mass is 16.5.